The lowest BCUT2D eigenvalue weighted by Gasteiger charge is -2.41. The van der Waals surface area contributed by atoms with Gasteiger partial charge in [-0.2, -0.15) is 0 Å². The molecule has 2 amide bonds. The van der Waals surface area contributed by atoms with Crippen LogP contribution in [-0.4, -0.2) is 34.8 Å². The Morgan fingerprint density at radius 2 is 1.82 bits per heavy atom. The maximum absolute atomic E-state index is 12.3. The van der Waals surface area contributed by atoms with Crippen molar-refractivity contribution in [1.29, 1.82) is 0 Å². The monoisotopic (exact) mass is 238 g/mol. The van der Waals surface area contributed by atoms with Gasteiger partial charge >= 0.3 is 0 Å². The fourth-order valence-corrected chi connectivity index (χ4v) is 2.51. The number of hydrogen-bond donors (Lipinski definition) is 1. The first-order valence-corrected chi connectivity index (χ1v) is 6.28. The van der Waals surface area contributed by atoms with E-state index >= 15 is 0 Å². The first-order chi connectivity index (χ1) is 7.65. The van der Waals surface area contributed by atoms with Crippen LogP contribution in [0.3, 0.4) is 0 Å². The van der Waals surface area contributed by atoms with Crippen molar-refractivity contribution in [2.75, 3.05) is 6.54 Å². The van der Waals surface area contributed by atoms with E-state index in [9.17, 15) is 9.59 Å². The fourth-order valence-electron chi connectivity index (χ4n) is 2.51. The lowest BCUT2D eigenvalue weighted by molar-refractivity contribution is -0.153. The molecular formula is C13H22N2O2. The average molecular weight is 238 g/mol. The molecule has 4 nitrogen and oxygen atoms in total. The summed E-state index contributed by atoms with van der Waals surface area (Å²) < 4.78 is 0. The molecule has 96 valence electrons. The van der Waals surface area contributed by atoms with E-state index in [4.69, 9.17) is 0 Å². The molecular weight excluding hydrogens is 216 g/mol. The van der Waals surface area contributed by atoms with Gasteiger partial charge in [0.2, 0.25) is 11.8 Å². The molecule has 2 unspecified atom stereocenters. The molecule has 1 aliphatic heterocycles. The molecule has 17 heavy (non-hydrogen) atoms. The molecule has 1 saturated heterocycles. The fraction of sp³-hybridized carbons (Fsp3) is 0.846. The molecule has 0 spiro atoms. The minimum atomic E-state index is -0.761. The van der Waals surface area contributed by atoms with Crippen LogP contribution in [0.5, 0.6) is 0 Å². The Balaban J connectivity index is 2.13. The quantitative estimate of drug-likeness (QED) is 0.784. The molecule has 2 aliphatic rings. The molecule has 0 aromatic heterocycles. The summed E-state index contributed by atoms with van der Waals surface area (Å²) in [6.07, 6.45) is 1.14. The third-order valence-electron chi connectivity index (χ3n) is 4.21. The van der Waals surface area contributed by atoms with Gasteiger partial charge in [0.1, 0.15) is 11.6 Å². The Hall–Kier alpha value is -1.06. The van der Waals surface area contributed by atoms with Crippen molar-refractivity contribution >= 4 is 11.8 Å². The minimum Gasteiger partial charge on any atom is -0.340 e. The lowest BCUT2D eigenvalue weighted by Crippen LogP contribution is -2.67. The molecule has 0 aromatic carbocycles. The van der Waals surface area contributed by atoms with Crippen molar-refractivity contribution in [2.24, 2.45) is 11.3 Å². The van der Waals surface area contributed by atoms with Crippen LogP contribution in [0.2, 0.25) is 0 Å². The van der Waals surface area contributed by atoms with Gasteiger partial charge in [-0.25, -0.2) is 0 Å². The van der Waals surface area contributed by atoms with Crippen molar-refractivity contribution in [2.45, 2.75) is 52.6 Å². The Morgan fingerprint density at radius 3 is 2.29 bits per heavy atom. The van der Waals surface area contributed by atoms with Crippen molar-refractivity contribution in [3.05, 3.63) is 0 Å². The zero-order chi connectivity index (χ0) is 13.0. The molecule has 1 saturated carbocycles. The van der Waals surface area contributed by atoms with Gasteiger partial charge in [0, 0.05) is 6.54 Å². The van der Waals surface area contributed by atoms with E-state index in [0.29, 0.717) is 17.9 Å². The van der Waals surface area contributed by atoms with Crippen LogP contribution < -0.4 is 5.32 Å². The van der Waals surface area contributed by atoms with Gasteiger partial charge in [0.25, 0.3) is 0 Å². The van der Waals surface area contributed by atoms with Crippen LogP contribution in [-0.2, 0) is 9.59 Å². The largest absolute Gasteiger partial charge is 0.340 e. The standard InChI is InChI=1S/C13H22N2O2/c1-8-10(16)14-13(4,5)11(17)15(8)7-9-6-12(9,2)3/h8-9H,6-7H2,1-5H3,(H,14,16). The van der Waals surface area contributed by atoms with E-state index < -0.39 is 5.54 Å². The SMILES string of the molecule is CC1C(=O)NC(C)(C)C(=O)N1CC1CC1(C)C. The summed E-state index contributed by atoms with van der Waals surface area (Å²) in [5.74, 6) is 0.524. The Bertz CT molecular complexity index is 374. The Labute approximate surface area is 103 Å². The molecule has 2 rings (SSSR count). The second-order valence-electron chi connectivity index (χ2n) is 6.64. The predicted molar refractivity (Wildman–Crippen MR) is 65.3 cm³/mol. The molecule has 2 fully saturated rings. The van der Waals surface area contributed by atoms with E-state index in [-0.39, 0.29) is 17.9 Å². The van der Waals surface area contributed by atoms with Gasteiger partial charge in [-0.15, -0.1) is 0 Å². The van der Waals surface area contributed by atoms with Crippen LogP contribution in [0, 0.1) is 11.3 Å². The van der Waals surface area contributed by atoms with Gasteiger partial charge in [-0.1, -0.05) is 13.8 Å². The maximum Gasteiger partial charge on any atom is 0.248 e. The summed E-state index contributed by atoms with van der Waals surface area (Å²) in [6.45, 7) is 10.5. The van der Waals surface area contributed by atoms with Crippen LogP contribution in [0.15, 0.2) is 0 Å². The smallest absolute Gasteiger partial charge is 0.248 e. The molecule has 0 radical (unpaired) electrons. The first-order valence-electron chi connectivity index (χ1n) is 6.28. The first kappa shape index (κ1) is 12.4. The van der Waals surface area contributed by atoms with E-state index in [2.05, 4.69) is 19.2 Å². The van der Waals surface area contributed by atoms with Gasteiger partial charge in [0.05, 0.1) is 0 Å². The third kappa shape index (κ3) is 2.05. The lowest BCUT2D eigenvalue weighted by atomic mass is 9.96. The number of nitrogens with zero attached hydrogens (tertiary/aromatic N) is 1. The van der Waals surface area contributed by atoms with Crippen LogP contribution in [0.1, 0.15) is 41.0 Å². The van der Waals surface area contributed by atoms with Crippen molar-refractivity contribution in [3.8, 4) is 0 Å². The van der Waals surface area contributed by atoms with Crippen LogP contribution in [0.25, 0.3) is 0 Å². The van der Waals surface area contributed by atoms with E-state index in [0.717, 1.165) is 6.42 Å². The number of piperazine rings is 1. The molecule has 1 heterocycles. The zero-order valence-corrected chi connectivity index (χ0v) is 11.3. The average Bonchev–Trinajstić information content (AvgIpc) is 2.78. The second kappa shape index (κ2) is 3.47. The second-order valence-corrected chi connectivity index (χ2v) is 6.64. The topological polar surface area (TPSA) is 49.4 Å². The highest BCUT2D eigenvalue weighted by Gasteiger charge is 2.50. The highest BCUT2D eigenvalue weighted by molar-refractivity contribution is 5.99. The molecule has 0 aromatic rings. The van der Waals surface area contributed by atoms with Crippen LogP contribution in [0.4, 0.5) is 0 Å². The van der Waals surface area contributed by atoms with Crippen molar-refractivity contribution in [1.82, 2.24) is 10.2 Å². The van der Waals surface area contributed by atoms with E-state index in [1.54, 1.807) is 25.7 Å². The Morgan fingerprint density at radius 1 is 1.29 bits per heavy atom. The molecule has 2 atom stereocenters. The maximum atomic E-state index is 12.3. The normalized spacial score (nSPS) is 34.5. The summed E-state index contributed by atoms with van der Waals surface area (Å²) in [4.78, 5) is 25.9. The molecule has 1 aliphatic carbocycles. The van der Waals surface area contributed by atoms with Gasteiger partial charge in [-0.05, 0) is 38.5 Å². The molecule has 1 N–H and O–H groups in total. The zero-order valence-electron chi connectivity index (χ0n) is 11.3. The molecule has 4 heteroatoms. The number of hydrogen-bond acceptors (Lipinski definition) is 2. The number of carbonyl (C=O) groups is 2. The van der Waals surface area contributed by atoms with Crippen LogP contribution >= 0.6 is 0 Å². The summed E-state index contributed by atoms with van der Waals surface area (Å²) in [7, 11) is 0. The Kier molecular flexibility index (Phi) is 2.53. The highest BCUT2D eigenvalue weighted by Crippen LogP contribution is 2.52. The van der Waals surface area contributed by atoms with Gasteiger partial charge in [0.15, 0.2) is 0 Å². The number of nitrogens with one attached hydrogen (secondary N) is 1. The predicted octanol–water partition coefficient (Wildman–Crippen LogP) is 1.16. The van der Waals surface area contributed by atoms with Gasteiger partial charge < -0.3 is 10.2 Å². The summed E-state index contributed by atoms with van der Waals surface area (Å²) in [6, 6.07) is -0.341. The number of rotatable bonds is 2. The van der Waals surface area contributed by atoms with Crippen molar-refractivity contribution in [3.63, 3.8) is 0 Å². The summed E-state index contributed by atoms with van der Waals surface area (Å²) in [5, 5.41) is 2.77. The van der Waals surface area contributed by atoms with E-state index in [1.807, 2.05) is 0 Å². The summed E-state index contributed by atoms with van der Waals surface area (Å²) in [5.41, 5.74) is -0.430. The highest BCUT2D eigenvalue weighted by atomic mass is 16.2. The molecule has 0 bridgehead atoms. The summed E-state index contributed by atoms with van der Waals surface area (Å²) >= 11 is 0. The minimum absolute atomic E-state index is 0.0345. The van der Waals surface area contributed by atoms with E-state index in [1.165, 1.54) is 0 Å². The number of carbonyl (C=O) groups excluding carboxylic acids is 2. The third-order valence-corrected chi connectivity index (χ3v) is 4.21. The van der Waals surface area contributed by atoms with Crippen molar-refractivity contribution < 1.29 is 9.59 Å². The number of amides is 2. The van der Waals surface area contributed by atoms with Gasteiger partial charge in [-0.3, -0.25) is 9.59 Å².